The monoisotopic (exact) mass is 245 g/mol. The van der Waals surface area contributed by atoms with Gasteiger partial charge >= 0.3 is 5.97 Å². The molecule has 0 fully saturated rings. The second-order valence-corrected chi connectivity index (χ2v) is 5.08. The highest BCUT2D eigenvalue weighted by Gasteiger charge is 2.10. The van der Waals surface area contributed by atoms with Crippen LogP contribution < -0.4 is 0 Å². The Morgan fingerprint density at radius 3 is 2.72 bits per heavy atom. The molecular weight excluding hydrogens is 226 g/mol. The summed E-state index contributed by atoms with van der Waals surface area (Å²) in [6, 6.07) is 6.42. The lowest BCUT2D eigenvalue weighted by Gasteiger charge is -2.04. The van der Waals surface area contributed by atoms with Gasteiger partial charge in [-0.2, -0.15) is 0 Å². The van der Waals surface area contributed by atoms with Crippen molar-refractivity contribution in [2.24, 2.45) is 0 Å². The molecule has 0 aliphatic rings. The molecule has 0 unspecified atom stereocenters. The Kier molecular flexibility index (Phi) is 3.41. The summed E-state index contributed by atoms with van der Waals surface area (Å²) in [5, 5.41) is 9.95. The molecule has 0 saturated carbocycles. The lowest BCUT2D eigenvalue weighted by atomic mass is 10.00. The average molecular weight is 245 g/mol. The maximum absolute atomic E-state index is 10.6. The number of carbonyl (C=O) groups is 1. The van der Waals surface area contributed by atoms with E-state index in [4.69, 9.17) is 5.11 Å². The van der Waals surface area contributed by atoms with E-state index in [-0.39, 0.29) is 6.42 Å². The fourth-order valence-electron chi connectivity index (χ4n) is 2.24. The number of rotatable bonds is 4. The van der Waals surface area contributed by atoms with Crippen LogP contribution in [0.1, 0.15) is 43.0 Å². The highest BCUT2D eigenvalue weighted by molar-refractivity contribution is 5.85. The first-order valence-electron chi connectivity index (χ1n) is 6.32. The third-order valence-corrected chi connectivity index (χ3v) is 3.44. The molecule has 0 radical (unpaired) electrons. The molecule has 3 heteroatoms. The average Bonchev–Trinajstić information content (AvgIpc) is 2.63. The van der Waals surface area contributed by atoms with Gasteiger partial charge in [0, 0.05) is 16.6 Å². The molecule has 0 bridgehead atoms. The molecule has 1 aromatic heterocycles. The number of aryl methyl sites for hydroxylation is 2. The number of aromatic amines is 1. The second kappa shape index (κ2) is 4.84. The first kappa shape index (κ1) is 12.7. The second-order valence-electron chi connectivity index (χ2n) is 5.08. The predicted octanol–water partition coefficient (Wildman–Crippen LogP) is 3.62. The van der Waals surface area contributed by atoms with Crippen molar-refractivity contribution < 1.29 is 9.90 Å². The lowest BCUT2D eigenvalue weighted by Crippen LogP contribution is -1.98. The van der Waals surface area contributed by atoms with Crippen LogP contribution in [0.5, 0.6) is 0 Å². The minimum absolute atomic E-state index is 0.171. The fraction of sp³-hybridized carbons (Fsp3) is 0.400. The normalized spacial score (nSPS) is 11.3. The molecule has 2 rings (SSSR count). The van der Waals surface area contributed by atoms with E-state index in [1.165, 1.54) is 16.5 Å². The SMILES string of the molecule is Cc1c(CCC(=O)O)[nH]c2ccc(C(C)C)cc12. The van der Waals surface area contributed by atoms with Crippen LogP contribution in [-0.4, -0.2) is 16.1 Å². The largest absolute Gasteiger partial charge is 0.481 e. The minimum Gasteiger partial charge on any atom is -0.481 e. The Hall–Kier alpha value is -1.77. The quantitative estimate of drug-likeness (QED) is 0.864. The van der Waals surface area contributed by atoms with Crippen LogP contribution in [-0.2, 0) is 11.2 Å². The van der Waals surface area contributed by atoms with Gasteiger partial charge in [-0.05, 0) is 42.5 Å². The van der Waals surface area contributed by atoms with Crippen LogP contribution in [0.3, 0.4) is 0 Å². The van der Waals surface area contributed by atoms with Crippen molar-refractivity contribution in [2.45, 2.75) is 39.5 Å². The number of nitrogens with one attached hydrogen (secondary N) is 1. The van der Waals surface area contributed by atoms with Crippen LogP contribution in [0.2, 0.25) is 0 Å². The Morgan fingerprint density at radius 1 is 1.39 bits per heavy atom. The highest BCUT2D eigenvalue weighted by atomic mass is 16.4. The summed E-state index contributed by atoms with van der Waals surface area (Å²) in [6.07, 6.45) is 0.734. The van der Waals surface area contributed by atoms with Crippen LogP contribution in [0.4, 0.5) is 0 Å². The minimum atomic E-state index is -0.754. The van der Waals surface area contributed by atoms with Gasteiger partial charge in [-0.25, -0.2) is 0 Å². The standard InChI is InChI=1S/C15H19NO2/c1-9(2)11-4-5-14-12(8-11)10(3)13(16-14)6-7-15(17)18/h4-5,8-9,16H,6-7H2,1-3H3,(H,17,18). The van der Waals surface area contributed by atoms with Crippen molar-refractivity contribution in [3.63, 3.8) is 0 Å². The van der Waals surface area contributed by atoms with Gasteiger partial charge in [-0.1, -0.05) is 19.9 Å². The molecule has 1 heterocycles. The van der Waals surface area contributed by atoms with Gasteiger partial charge in [-0.15, -0.1) is 0 Å². The van der Waals surface area contributed by atoms with Crippen molar-refractivity contribution in [1.29, 1.82) is 0 Å². The van der Waals surface area contributed by atoms with E-state index < -0.39 is 5.97 Å². The molecule has 96 valence electrons. The molecule has 0 saturated heterocycles. The fourth-order valence-corrected chi connectivity index (χ4v) is 2.24. The van der Waals surface area contributed by atoms with Gasteiger partial charge in [-0.3, -0.25) is 4.79 Å². The Balaban J connectivity index is 2.40. The molecule has 0 atom stereocenters. The van der Waals surface area contributed by atoms with Crippen molar-refractivity contribution in [3.8, 4) is 0 Å². The van der Waals surface area contributed by atoms with Crippen LogP contribution >= 0.6 is 0 Å². The molecular formula is C15H19NO2. The molecule has 3 nitrogen and oxygen atoms in total. The summed E-state index contributed by atoms with van der Waals surface area (Å²) in [6.45, 7) is 6.41. The molecule has 0 aliphatic carbocycles. The van der Waals surface area contributed by atoms with Gasteiger partial charge in [0.15, 0.2) is 0 Å². The van der Waals surface area contributed by atoms with Gasteiger partial charge in [0.25, 0.3) is 0 Å². The number of fused-ring (bicyclic) bond motifs is 1. The maximum Gasteiger partial charge on any atom is 0.303 e. The van der Waals surface area contributed by atoms with E-state index in [9.17, 15) is 4.79 Å². The third kappa shape index (κ3) is 2.40. The predicted molar refractivity (Wildman–Crippen MR) is 73.1 cm³/mol. The number of H-pyrrole nitrogens is 1. The number of benzene rings is 1. The zero-order valence-corrected chi connectivity index (χ0v) is 11.1. The van der Waals surface area contributed by atoms with E-state index in [0.29, 0.717) is 12.3 Å². The van der Waals surface area contributed by atoms with Gasteiger partial charge in [0.2, 0.25) is 0 Å². The smallest absolute Gasteiger partial charge is 0.303 e. The highest BCUT2D eigenvalue weighted by Crippen LogP contribution is 2.26. The number of aliphatic carboxylic acids is 1. The van der Waals surface area contributed by atoms with E-state index >= 15 is 0 Å². The van der Waals surface area contributed by atoms with Crippen LogP contribution in [0.15, 0.2) is 18.2 Å². The summed E-state index contributed by atoms with van der Waals surface area (Å²) in [5.41, 5.74) is 4.62. The Labute approximate surface area is 107 Å². The number of carboxylic acids is 1. The third-order valence-electron chi connectivity index (χ3n) is 3.44. The molecule has 18 heavy (non-hydrogen) atoms. The summed E-state index contributed by atoms with van der Waals surface area (Å²) in [5.74, 6) is -0.248. The molecule has 2 N–H and O–H groups in total. The van der Waals surface area contributed by atoms with Gasteiger partial charge in [0.05, 0.1) is 6.42 Å². The van der Waals surface area contributed by atoms with E-state index in [0.717, 1.165) is 11.2 Å². The molecule has 0 amide bonds. The van der Waals surface area contributed by atoms with Gasteiger partial charge in [0.1, 0.15) is 0 Å². The zero-order valence-electron chi connectivity index (χ0n) is 11.1. The van der Waals surface area contributed by atoms with Crippen molar-refractivity contribution in [2.75, 3.05) is 0 Å². The first-order valence-corrected chi connectivity index (χ1v) is 6.32. The molecule has 0 spiro atoms. The van der Waals surface area contributed by atoms with Crippen LogP contribution in [0.25, 0.3) is 10.9 Å². The van der Waals surface area contributed by atoms with Crippen molar-refractivity contribution in [3.05, 3.63) is 35.0 Å². The Morgan fingerprint density at radius 2 is 2.11 bits per heavy atom. The number of carboxylic acid groups (broad SMARTS) is 1. The summed E-state index contributed by atoms with van der Waals surface area (Å²) in [7, 11) is 0. The number of aromatic nitrogens is 1. The number of hydrogen-bond acceptors (Lipinski definition) is 1. The Bertz CT molecular complexity index is 581. The van der Waals surface area contributed by atoms with E-state index in [2.05, 4.69) is 44.0 Å². The zero-order chi connectivity index (χ0) is 13.3. The van der Waals surface area contributed by atoms with Crippen LogP contribution in [0, 0.1) is 6.92 Å². The van der Waals surface area contributed by atoms with Crippen molar-refractivity contribution in [1.82, 2.24) is 4.98 Å². The van der Waals surface area contributed by atoms with E-state index in [1.807, 2.05) is 0 Å². The summed E-state index contributed by atoms with van der Waals surface area (Å²) < 4.78 is 0. The lowest BCUT2D eigenvalue weighted by molar-refractivity contribution is -0.136. The van der Waals surface area contributed by atoms with E-state index in [1.54, 1.807) is 0 Å². The summed E-state index contributed by atoms with van der Waals surface area (Å²) >= 11 is 0. The number of hydrogen-bond donors (Lipinski definition) is 2. The van der Waals surface area contributed by atoms with Gasteiger partial charge < -0.3 is 10.1 Å². The topological polar surface area (TPSA) is 53.1 Å². The maximum atomic E-state index is 10.6. The van der Waals surface area contributed by atoms with Crippen molar-refractivity contribution >= 4 is 16.9 Å². The molecule has 1 aromatic carbocycles. The molecule has 2 aromatic rings. The summed E-state index contributed by atoms with van der Waals surface area (Å²) in [4.78, 5) is 14.0. The first-order chi connectivity index (χ1) is 8.49. The molecule has 0 aliphatic heterocycles.